The van der Waals surface area contributed by atoms with Gasteiger partial charge < -0.3 is 14.2 Å². The minimum atomic E-state index is -0.990. The van der Waals surface area contributed by atoms with Crippen molar-refractivity contribution in [3.8, 4) is 11.5 Å². The molecule has 2 atom stereocenters. The van der Waals surface area contributed by atoms with Crippen LogP contribution in [0, 0.1) is 29.4 Å². The Labute approximate surface area is 174 Å². The Hall–Kier alpha value is -1.36. The van der Waals surface area contributed by atoms with Crippen LogP contribution in [0.15, 0.2) is 12.1 Å². The number of halogens is 2. The maximum Gasteiger partial charge on any atom is 0.204 e. The van der Waals surface area contributed by atoms with Gasteiger partial charge in [-0.3, -0.25) is 0 Å². The van der Waals surface area contributed by atoms with E-state index in [0.717, 1.165) is 38.2 Å². The van der Waals surface area contributed by atoms with Gasteiger partial charge in [0.2, 0.25) is 11.6 Å². The molecule has 0 amide bonds. The molecule has 2 aliphatic rings. The van der Waals surface area contributed by atoms with Gasteiger partial charge in [0.1, 0.15) is 0 Å². The normalized spacial score (nSPS) is 27.6. The minimum absolute atomic E-state index is 0.0323. The zero-order valence-electron chi connectivity index (χ0n) is 17.9. The smallest absolute Gasteiger partial charge is 0.204 e. The Kier molecular flexibility index (Phi) is 8.58. The van der Waals surface area contributed by atoms with Crippen LogP contribution in [0.25, 0.3) is 0 Å². The average molecular weight is 411 g/mol. The summed E-state index contributed by atoms with van der Waals surface area (Å²) in [6, 6.07) is 2.84. The van der Waals surface area contributed by atoms with E-state index in [1.165, 1.54) is 57.8 Å². The molecule has 0 aromatic heterocycles. The van der Waals surface area contributed by atoms with E-state index in [0.29, 0.717) is 24.5 Å². The third-order valence-electron chi connectivity index (χ3n) is 6.74. The van der Waals surface area contributed by atoms with Crippen LogP contribution in [0.3, 0.4) is 0 Å². The van der Waals surface area contributed by atoms with Crippen LogP contribution in [0.5, 0.6) is 11.5 Å². The van der Waals surface area contributed by atoms with Crippen molar-refractivity contribution in [3.63, 3.8) is 0 Å². The Morgan fingerprint density at radius 3 is 2.28 bits per heavy atom. The van der Waals surface area contributed by atoms with Gasteiger partial charge in [-0.1, -0.05) is 26.2 Å². The SMILES string of the molecule is CCCCCC1CCC(C2CCC(COc3ccc(OC)c(F)c3F)CC2)OC1. The summed E-state index contributed by atoms with van der Waals surface area (Å²) in [7, 11) is 1.32. The molecule has 1 aliphatic heterocycles. The standard InChI is InChI=1S/C24H36F2O3/c1-3-4-5-6-17-9-12-20(28-15-17)19-10-7-18(8-11-19)16-29-22-14-13-21(27-2)23(25)24(22)26/h13-14,17-20H,3-12,15-16H2,1-2H3. The fraction of sp³-hybridized carbons (Fsp3) is 0.750. The maximum atomic E-state index is 14.0. The molecule has 2 unspecified atom stereocenters. The van der Waals surface area contributed by atoms with Crippen molar-refractivity contribution in [3.05, 3.63) is 23.8 Å². The number of benzene rings is 1. The Morgan fingerprint density at radius 2 is 1.62 bits per heavy atom. The second kappa shape index (κ2) is 11.1. The van der Waals surface area contributed by atoms with E-state index in [1.807, 2.05) is 0 Å². The van der Waals surface area contributed by atoms with Gasteiger partial charge in [-0.2, -0.15) is 8.78 Å². The van der Waals surface area contributed by atoms with Gasteiger partial charge in [0.05, 0.1) is 19.8 Å². The van der Waals surface area contributed by atoms with Crippen molar-refractivity contribution in [2.45, 2.75) is 77.2 Å². The summed E-state index contributed by atoms with van der Waals surface area (Å²) in [5.41, 5.74) is 0. The molecule has 0 spiro atoms. The van der Waals surface area contributed by atoms with Crippen LogP contribution in [-0.4, -0.2) is 26.4 Å². The zero-order chi connectivity index (χ0) is 20.6. The van der Waals surface area contributed by atoms with E-state index in [4.69, 9.17) is 14.2 Å². The molecule has 1 heterocycles. The van der Waals surface area contributed by atoms with Gasteiger partial charge in [-0.25, -0.2) is 0 Å². The molecule has 1 saturated heterocycles. The molecule has 1 aromatic carbocycles. The average Bonchev–Trinajstić information content (AvgIpc) is 2.76. The fourth-order valence-corrected chi connectivity index (χ4v) is 4.83. The maximum absolute atomic E-state index is 14.0. The largest absolute Gasteiger partial charge is 0.494 e. The van der Waals surface area contributed by atoms with Crippen molar-refractivity contribution in [2.75, 3.05) is 20.3 Å². The summed E-state index contributed by atoms with van der Waals surface area (Å²) in [6.07, 6.45) is 12.6. The van der Waals surface area contributed by atoms with Crippen LogP contribution in [0.4, 0.5) is 8.78 Å². The van der Waals surface area contributed by atoms with Gasteiger partial charge in [0, 0.05) is 6.61 Å². The first kappa shape index (κ1) is 22.3. The Morgan fingerprint density at radius 1 is 0.931 bits per heavy atom. The van der Waals surface area contributed by atoms with Crippen LogP contribution >= 0.6 is 0 Å². The van der Waals surface area contributed by atoms with Gasteiger partial charge in [-0.05, 0) is 74.8 Å². The van der Waals surface area contributed by atoms with Crippen molar-refractivity contribution in [1.82, 2.24) is 0 Å². The number of unbranched alkanes of at least 4 members (excludes halogenated alkanes) is 2. The fourth-order valence-electron chi connectivity index (χ4n) is 4.83. The van der Waals surface area contributed by atoms with E-state index < -0.39 is 11.6 Å². The molecule has 1 aliphatic carbocycles. The van der Waals surface area contributed by atoms with Crippen molar-refractivity contribution >= 4 is 0 Å². The van der Waals surface area contributed by atoms with Crippen molar-refractivity contribution in [2.24, 2.45) is 17.8 Å². The number of rotatable bonds is 9. The first-order valence-corrected chi connectivity index (χ1v) is 11.4. The predicted octanol–water partition coefficient (Wildman–Crippen LogP) is 6.53. The molecule has 1 aromatic rings. The molecule has 2 fully saturated rings. The third-order valence-corrected chi connectivity index (χ3v) is 6.74. The molecule has 3 nitrogen and oxygen atoms in total. The van der Waals surface area contributed by atoms with E-state index in [2.05, 4.69) is 6.92 Å². The molecule has 5 heteroatoms. The highest BCUT2D eigenvalue weighted by Gasteiger charge is 2.32. The predicted molar refractivity (Wildman–Crippen MR) is 110 cm³/mol. The van der Waals surface area contributed by atoms with E-state index in [1.54, 1.807) is 0 Å². The third kappa shape index (κ3) is 6.07. The van der Waals surface area contributed by atoms with Crippen LogP contribution < -0.4 is 9.47 Å². The lowest BCUT2D eigenvalue weighted by molar-refractivity contribution is -0.0607. The zero-order valence-corrected chi connectivity index (χ0v) is 17.9. The second-order valence-corrected chi connectivity index (χ2v) is 8.80. The number of ether oxygens (including phenoxy) is 3. The molecular weight excluding hydrogens is 374 g/mol. The molecule has 1 saturated carbocycles. The van der Waals surface area contributed by atoms with Gasteiger partial charge in [0.15, 0.2) is 11.5 Å². The van der Waals surface area contributed by atoms with Gasteiger partial charge >= 0.3 is 0 Å². The molecule has 0 radical (unpaired) electrons. The molecule has 29 heavy (non-hydrogen) atoms. The quantitative estimate of drug-likeness (QED) is 0.433. The lowest BCUT2D eigenvalue weighted by atomic mass is 9.77. The summed E-state index contributed by atoms with van der Waals surface area (Å²) in [5, 5.41) is 0. The lowest BCUT2D eigenvalue weighted by Crippen LogP contribution is -2.34. The summed E-state index contributed by atoms with van der Waals surface area (Å²) in [5.74, 6) is -0.314. The van der Waals surface area contributed by atoms with E-state index in [9.17, 15) is 8.78 Å². The molecule has 3 rings (SSSR count). The highest BCUT2D eigenvalue weighted by molar-refractivity contribution is 5.34. The lowest BCUT2D eigenvalue weighted by Gasteiger charge is -2.37. The summed E-state index contributed by atoms with van der Waals surface area (Å²) in [6.45, 7) is 3.61. The number of hydrogen-bond acceptors (Lipinski definition) is 3. The highest BCUT2D eigenvalue weighted by atomic mass is 19.2. The van der Waals surface area contributed by atoms with Gasteiger partial charge in [-0.15, -0.1) is 0 Å². The number of methoxy groups -OCH3 is 1. The van der Waals surface area contributed by atoms with Gasteiger partial charge in [0.25, 0.3) is 0 Å². The van der Waals surface area contributed by atoms with Crippen molar-refractivity contribution in [1.29, 1.82) is 0 Å². The monoisotopic (exact) mass is 410 g/mol. The first-order chi connectivity index (χ1) is 14.1. The van der Waals surface area contributed by atoms with E-state index in [-0.39, 0.29) is 11.5 Å². The van der Waals surface area contributed by atoms with Crippen LogP contribution in [0.1, 0.15) is 71.1 Å². The van der Waals surface area contributed by atoms with Crippen molar-refractivity contribution < 1.29 is 23.0 Å². The second-order valence-electron chi connectivity index (χ2n) is 8.80. The topological polar surface area (TPSA) is 27.7 Å². The minimum Gasteiger partial charge on any atom is -0.494 e. The number of hydrogen-bond donors (Lipinski definition) is 0. The van der Waals surface area contributed by atoms with E-state index >= 15 is 0 Å². The summed E-state index contributed by atoms with van der Waals surface area (Å²) in [4.78, 5) is 0. The molecular formula is C24H36F2O3. The summed E-state index contributed by atoms with van der Waals surface area (Å²) >= 11 is 0. The summed E-state index contributed by atoms with van der Waals surface area (Å²) < 4.78 is 44.5. The molecule has 0 N–H and O–H groups in total. The Bertz CT molecular complexity index is 621. The Balaban J connectivity index is 1.37. The highest BCUT2D eigenvalue weighted by Crippen LogP contribution is 2.37. The molecule has 164 valence electrons. The van der Waals surface area contributed by atoms with Crippen LogP contribution in [0.2, 0.25) is 0 Å². The molecule has 0 bridgehead atoms. The van der Waals surface area contributed by atoms with Crippen LogP contribution in [-0.2, 0) is 4.74 Å². The first-order valence-electron chi connectivity index (χ1n) is 11.4.